The number of carbonyl (C=O) groups is 1. The predicted molar refractivity (Wildman–Crippen MR) is 218 cm³/mol. The first-order valence-corrected chi connectivity index (χ1v) is 19.3. The van der Waals surface area contributed by atoms with E-state index in [1.165, 1.54) is 55.1 Å². The lowest BCUT2D eigenvalue weighted by molar-refractivity contribution is -0.115. The lowest BCUT2D eigenvalue weighted by atomic mass is 9.83. The van der Waals surface area contributed by atoms with Crippen LogP contribution in [0.25, 0.3) is 11.6 Å². The van der Waals surface area contributed by atoms with Crippen molar-refractivity contribution in [3.8, 4) is 0 Å². The Hall–Kier alpha value is -3.47. The fourth-order valence-corrected chi connectivity index (χ4v) is 5.99. The molecular weight excluding hydrogens is 601 g/mol. The lowest BCUT2D eigenvalue weighted by Gasteiger charge is -2.33. The molecule has 49 heavy (non-hydrogen) atoms. The third-order valence-corrected chi connectivity index (χ3v) is 8.74. The van der Waals surface area contributed by atoms with Crippen LogP contribution in [0.2, 0.25) is 0 Å². The van der Waals surface area contributed by atoms with E-state index in [1.54, 1.807) is 0 Å². The molecule has 1 aromatic carbocycles. The van der Waals surface area contributed by atoms with Gasteiger partial charge >= 0.3 is 0 Å². The molecule has 0 saturated carbocycles. The summed E-state index contributed by atoms with van der Waals surface area (Å²) in [5.74, 6) is 2.05. The molecule has 0 saturated heterocycles. The molecular formula is C44H70N4O. The minimum Gasteiger partial charge on any atom is -0.371 e. The third-order valence-electron chi connectivity index (χ3n) is 8.74. The standard InChI is InChI=1S/C37H53N3O.C5H11N.C2H6/c1-9-11-12-21-40(20-10-2)34-26-36(39(8)22-19-29(6)31-17-14-16-28(5)23-31)38-33-25-32(24-30(7)37(33)34)35(41)18-13-15-27(3)4;1-2-3-4-5-6;1-2/h14,16-17,19,22-23,25-27,30H,6,9-13,15,18,20-21,24H2,1-5,7-8H3;5-6H,2-4H2,1H3;1-2H3/b22-19-;;. The average Bonchev–Trinajstić information content (AvgIpc) is 3.09. The number of allylic oxidation sites excluding steroid dienone is 3. The van der Waals surface area contributed by atoms with Crippen molar-refractivity contribution in [3.63, 3.8) is 0 Å². The molecule has 1 aromatic heterocycles. The maximum atomic E-state index is 13.2. The van der Waals surface area contributed by atoms with Gasteiger partial charge in [-0.1, -0.05) is 117 Å². The molecule has 0 radical (unpaired) electrons. The molecule has 0 amide bonds. The molecule has 1 N–H and O–H groups in total. The lowest BCUT2D eigenvalue weighted by Crippen LogP contribution is -2.28. The Bertz CT molecular complexity index is 1340. The Kier molecular flexibility index (Phi) is 21.9. The fourth-order valence-electron chi connectivity index (χ4n) is 5.99. The van der Waals surface area contributed by atoms with Gasteiger partial charge in [-0.3, -0.25) is 4.79 Å². The molecule has 0 bridgehead atoms. The molecule has 0 fully saturated rings. The van der Waals surface area contributed by atoms with Gasteiger partial charge in [-0.15, -0.1) is 0 Å². The van der Waals surface area contributed by atoms with Crippen molar-refractivity contribution in [1.82, 2.24) is 4.98 Å². The van der Waals surface area contributed by atoms with E-state index >= 15 is 0 Å². The zero-order chi connectivity index (χ0) is 36.8. The van der Waals surface area contributed by atoms with Gasteiger partial charge in [0.15, 0.2) is 5.78 Å². The number of nitrogens with one attached hydrogen (secondary N) is 1. The number of pyridine rings is 1. The molecule has 1 aliphatic rings. The van der Waals surface area contributed by atoms with Gasteiger partial charge in [-0.25, -0.2) is 4.98 Å². The zero-order valence-electron chi connectivity index (χ0n) is 33.0. The van der Waals surface area contributed by atoms with Crippen molar-refractivity contribution in [2.45, 2.75) is 139 Å². The number of hydrogen-bond acceptors (Lipinski definition) is 5. The molecule has 0 aliphatic heterocycles. The van der Waals surface area contributed by atoms with Gasteiger partial charge in [0.1, 0.15) is 5.82 Å². The van der Waals surface area contributed by atoms with Gasteiger partial charge in [-0.05, 0) is 92.4 Å². The van der Waals surface area contributed by atoms with Crippen LogP contribution in [0.5, 0.6) is 0 Å². The summed E-state index contributed by atoms with van der Waals surface area (Å²) in [4.78, 5) is 23.0. The van der Waals surface area contributed by atoms with E-state index < -0.39 is 0 Å². The predicted octanol–water partition coefficient (Wildman–Crippen LogP) is 12.6. The number of Topliss-reactive ketones (excluding diaryl/α,β-unsaturated/α-hetero) is 1. The van der Waals surface area contributed by atoms with Gasteiger partial charge in [0.05, 0.1) is 5.69 Å². The first-order valence-electron chi connectivity index (χ1n) is 19.3. The molecule has 1 unspecified atom stereocenters. The summed E-state index contributed by atoms with van der Waals surface area (Å²) >= 11 is 0. The average molecular weight is 671 g/mol. The zero-order valence-corrected chi connectivity index (χ0v) is 33.0. The third kappa shape index (κ3) is 15.3. The largest absolute Gasteiger partial charge is 0.371 e. The minimum atomic E-state index is 0.253. The van der Waals surface area contributed by atoms with Crippen molar-refractivity contribution in [2.24, 2.45) is 5.92 Å². The molecule has 1 heterocycles. The van der Waals surface area contributed by atoms with Crippen molar-refractivity contribution in [2.75, 3.05) is 29.9 Å². The van der Waals surface area contributed by atoms with Crippen LogP contribution in [0.3, 0.4) is 0 Å². The van der Waals surface area contributed by atoms with Gasteiger partial charge < -0.3 is 15.2 Å². The van der Waals surface area contributed by atoms with Gasteiger partial charge in [0.2, 0.25) is 0 Å². The molecule has 2 aromatic rings. The number of aromatic nitrogens is 1. The van der Waals surface area contributed by atoms with E-state index in [4.69, 9.17) is 10.4 Å². The van der Waals surface area contributed by atoms with Gasteiger partial charge in [0, 0.05) is 50.1 Å². The first kappa shape index (κ1) is 43.6. The highest BCUT2D eigenvalue weighted by molar-refractivity contribution is 6.00. The number of anilines is 2. The number of hydrogen-bond donors (Lipinski definition) is 1. The highest BCUT2D eigenvalue weighted by Gasteiger charge is 2.28. The summed E-state index contributed by atoms with van der Waals surface area (Å²) in [6.07, 6.45) is 19.2. The Morgan fingerprint density at radius 2 is 1.76 bits per heavy atom. The van der Waals surface area contributed by atoms with E-state index in [2.05, 4.69) is 114 Å². The quantitative estimate of drug-likeness (QED) is 0.0918. The smallest absolute Gasteiger partial charge is 0.158 e. The van der Waals surface area contributed by atoms with E-state index in [0.717, 1.165) is 73.4 Å². The Labute approximate surface area is 301 Å². The summed E-state index contributed by atoms with van der Waals surface area (Å²) in [6.45, 7) is 25.8. The van der Waals surface area contributed by atoms with E-state index in [-0.39, 0.29) is 11.7 Å². The van der Waals surface area contributed by atoms with Crippen LogP contribution < -0.4 is 9.80 Å². The highest BCUT2D eigenvalue weighted by atomic mass is 16.1. The van der Waals surface area contributed by atoms with Crippen LogP contribution >= 0.6 is 0 Å². The maximum Gasteiger partial charge on any atom is 0.158 e. The number of nitrogens with zero attached hydrogens (tertiary/aromatic N) is 3. The van der Waals surface area contributed by atoms with Crippen LogP contribution in [0.4, 0.5) is 11.5 Å². The molecule has 1 aliphatic carbocycles. The number of fused-ring (bicyclic) bond motifs is 1. The summed E-state index contributed by atoms with van der Waals surface area (Å²) in [7, 11) is 2.05. The summed E-state index contributed by atoms with van der Waals surface area (Å²) in [5.41, 5.74) is 7.77. The van der Waals surface area contributed by atoms with Gasteiger partial charge in [0.25, 0.3) is 0 Å². The van der Waals surface area contributed by atoms with E-state index in [9.17, 15) is 4.79 Å². The molecule has 272 valence electrons. The summed E-state index contributed by atoms with van der Waals surface area (Å²) < 4.78 is 0. The van der Waals surface area contributed by atoms with Crippen molar-refractivity contribution in [1.29, 1.82) is 5.41 Å². The molecule has 5 nitrogen and oxygen atoms in total. The topological polar surface area (TPSA) is 60.3 Å². The van der Waals surface area contributed by atoms with Crippen molar-refractivity contribution < 1.29 is 4.79 Å². The number of unbranched alkanes of at least 4 members (excludes halogenated alkanes) is 4. The normalized spacial score (nSPS) is 13.4. The maximum absolute atomic E-state index is 13.2. The monoisotopic (exact) mass is 671 g/mol. The second-order valence-electron chi connectivity index (χ2n) is 13.6. The van der Waals surface area contributed by atoms with Crippen molar-refractivity contribution >= 4 is 35.2 Å². The van der Waals surface area contributed by atoms with Crippen LogP contribution in [0.1, 0.15) is 154 Å². The second-order valence-corrected chi connectivity index (χ2v) is 13.6. The minimum absolute atomic E-state index is 0.253. The van der Waals surface area contributed by atoms with Gasteiger partial charge in [-0.2, -0.15) is 0 Å². The number of benzene rings is 1. The summed E-state index contributed by atoms with van der Waals surface area (Å²) in [5, 5.41) is 6.58. The Morgan fingerprint density at radius 1 is 1.04 bits per heavy atom. The van der Waals surface area contributed by atoms with Crippen LogP contribution in [0, 0.1) is 18.3 Å². The SMILES string of the molecule is C=C(/C=C\N(C)c1cc(N(CCC)CCCCC)c2c(n1)C=C(C(=O)CCCC(C)C)CC2C)c1cccc(C)c1.CC.CCCCC=N. The Balaban J connectivity index is 0.00000135. The molecule has 1 atom stereocenters. The number of ketones is 1. The van der Waals surface area contributed by atoms with Crippen molar-refractivity contribution in [3.05, 3.63) is 77.1 Å². The van der Waals surface area contributed by atoms with Crippen LogP contribution in [-0.2, 0) is 4.79 Å². The molecule has 0 spiro atoms. The first-order chi connectivity index (χ1) is 23.6. The second kappa shape index (κ2) is 24.6. The number of aryl methyl sites for hydroxylation is 1. The van der Waals surface area contributed by atoms with Crippen LogP contribution in [-0.4, -0.2) is 37.1 Å². The summed E-state index contributed by atoms with van der Waals surface area (Å²) in [6, 6.07) is 10.7. The van der Waals surface area contributed by atoms with Crippen LogP contribution in [0.15, 0.2) is 54.8 Å². The fraction of sp³-hybridized carbons (Fsp3) is 0.568. The molecule has 3 rings (SSSR count). The number of rotatable bonds is 19. The Morgan fingerprint density at radius 3 is 2.35 bits per heavy atom. The van der Waals surface area contributed by atoms with E-state index in [0.29, 0.717) is 12.3 Å². The van der Waals surface area contributed by atoms with E-state index in [1.807, 2.05) is 20.9 Å². The highest BCUT2D eigenvalue weighted by Crippen LogP contribution is 2.41. The molecule has 5 heteroatoms. The number of carbonyl (C=O) groups excluding carboxylic acids is 1.